The van der Waals surface area contributed by atoms with Crippen LogP contribution in [-0.2, 0) is 18.9 Å². The summed E-state index contributed by atoms with van der Waals surface area (Å²) in [6, 6.07) is 63.4. The summed E-state index contributed by atoms with van der Waals surface area (Å²) in [6.07, 6.45) is 3.00. The summed E-state index contributed by atoms with van der Waals surface area (Å²) >= 11 is 7.30. The van der Waals surface area contributed by atoms with Crippen molar-refractivity contribution in [2.24, 2.45) is 0 Å². The fraction of sp³-hybridized carbons (Fsp3) is 0.257. The van der Waals surface area contributed by atoms with Crippen molar-refractivity contribution in [3.63, 3.8) is 0 Å². The molecule has 0 amide bonds. The molecule has 0 atom stereocenters. The van der Waals surface area contributed by atoms with E-state index in [0.29, 0.717) is 49.4 Å². The van der Waals surface area contributed by atoms with Gasteiger partial charge in [0.15, 0.2) is 0 Å². The summed E-state index contributed by atoms with van der Waals surface area (Å²) in [4.78, 5) is 50.0. The molecule has 0 aliphatic carbocycles. The van der Waals surface area contributed by atoms with Gasteiger partial charge < -0.3 is 37.9 Å². The summed E-state index contributed by atoms with van der Waals surface area (Å²) < 4.78 is 39.1. The molecule has 0 heterocycles. The number of carbonyl (C=O) groups excluding carboxylic acids is 4. The molecule has 86 heavy (non-hydrogen) atoms. The van der Waals surface area contributed by atoms with Crippen molar-refractivity contribution < 1.29 is 57.1 Å². The average molecular weight is 1240 g/mol. The largest absolute Gasteiger partial charge is 0.513 e. The Bertz CT molecular complexity index is 3210. The molecule has 0 aliphatic heterocycles. The van der Waals surface area contributed by atoms with Crippen molar-refractivity contribution in [3.05, 3.63) is 194 Å². The van der Waals surface area contributed by atoms with Crippen molar-refractivity contribution in [3.8, 4) is 67.5 Å². The zero-order valence-electron chi connectivity index (χ0n) is 50.1. The topological polar surface area (TPSA) is 142 Å². The van der Waals surface area contributed by atoms with Crippen LogP contribution in [0, 0.1) is 0 Å². The Morgan fingerprint density at radius 2 is 0.523 bits per heavy atom. The van der Waals surface area contributed by atoms with Crippen LogP contribution in [0.1, 0.15) is 67.7 Å². The van der Waals surface area contributed by atoms with Crippen molar-refractivity contribution in [1.29, 1.82) is 0 Å². The third kappa shape index (κ3) is 25.4. The molecule has 12 nitrogen and oxygen atoms in total. The highest BCUT2D eigenvalue weighted by Gasteiger charge is 2.10. The van der Waals surface area contributed by atoms with Crippen LogP contribution in [-0.4, -0.2) is 74.6 Å². The number of ether oxygens (including phenoxy) is 8. The highest BCUT2D eigenvalue weighted by molar-refractivity contribution is 7.99. The van der Waals surface area contributed by atoms with Crippen LogP contribution in [0.5, 0.6) is 23.0 Å². The van der Waals surface area contributed by atoms with E-state index in [0.717, 1.165) is 61.8 Å². The van der Waals surface area contributed by atoms with Crippen LogP contribution < -0.4 is 18.9 Å². The van der Waals surface area contributed by atoms with E-state index in [4.69, 9.17) is 37.9 Å². The van der Waals surface area contributed by atoms with E-state index in [-0.39, 0.29) is 0 Å². The van der Waals surface area contributed by atoms with E-state index in [1.54, 1.807) is 88.0 Å². The summed E-state index contributed by atoms with van der Waals surface area (Å²) in [5.74, 6) is 5.30. The number of rotatable bonds is 22. The molecule has 0 bridgehead atoms. The monoisotopic (exact) mass is 1240 g/mol. The lowest BCUT2D eigenvalue weighted by Gasteiger charge is -2.07. The predicted molar refractivity (Wildman–Crippen MR) is 353 cm³/mol. The molecule has 0 radical (unpaired) electrons. The maximum Gasteiger partial charge on any atom is 0.513 e. The van der Waals surface area contributed by atoms with Gasteiger partial charge in [0.05, 0.1) is 26.4 Å². The quantitative estimate of drug-likeness (QED) is 0.0209. The van der Waals surface area contributed by atoms with Crippen LogP contribution in [0.3, 0.4) is 0 Å². The second-order valence-corrected chi connectivity index (χ2v) is 22.6. The van der Waals surface area contributed by atoms with Gasteiger partial charge in [0.1, 0.15) is 23.0 Å². The minimum Gasteiger partial charge on any atom is -0.434 e. The van der Waals surface area contributed by atoms with Gasteiger partial charge in [-0.3, -0.25) is 0 Å². The average Bonchev–Trinajstić information content (AvgIpc) is 3.69. The predicted octanol–water partition coefficient (Wildman–Crippen LogP) is 20.8. The van der Waals surface area contributed by atoms with Crippen LogP contribution in [0.25, 0.3) is 44.5 Å². The number of unbranched alkanes of at least 4 members (excludes halogenated alkanes) is 1. The molecule has 16 heteroatoms. The Morgan fingerprint density at radius 3 is 0.744 bits per heavy atom. The summed E-state index contributed by atoms with van der Waals surface area (Å²) in [5, 5.41) is 0. The minimum atomic E-state index is -0.676. The number of thioether (sulfide) groups is 4. The minimum absolute atomic E-state index is 0.304. The molecule has 0 spiro atoms. The molecule has 8 aromatic carbocycles. The first-order valence-corrected chi connectivity index (χ1v) is 32.7. The highest BCUT2D eigenvalue weighted by Crippen LogP contribution is 2.30. The maximum absolute atomic E-state index is 11.3. The fourth-order valence-corrected chi connectivity index (χ4v) is 10.4. The molecule has 452 valence electrons. The second kappa shape index (κ2) is 39.8. The molecule has 0 aromatic heterocycles. The third-order valence-electron chi connectivity index (χ3n) is 11.8. The molecule has 8 rings (SSSR count). The normalized spacial score (nSPS) is 10.2. The van der Waals surface area contributed by atoms with Gasteiger partial charge in [-0.25, -0.2) is 19.2 Å². The lowest BCUT2D eigenvalue weighted by Crippen LogP contribution is -2.09. The lowest BCUT2D eigenvalue weighted by atomic mass is 10.1. The molecule has 0 saturated carbocycles. The van der Waals surface area contributed by atoms with E-state index in [1.165, 1.54) is 38.8 Å². The zero-order valence-corrected chi connectivity index (χ0v) is 53.3. The van der Waals surface area contributed by atoms with Gasteiger partial charge in [-0.1, -0.05) is 124 Å². The summed E-state index contributed by atoms with van der Waals surface area (Å²) in [6.45, 7) is 14.7. The van der Waals surface area contributed by atoms with Crippen LogP contribution in [0.2, 0.25) is 0 Å². The van der Waals surface area contributed by atoms with Gasteiger partial charge in [-0.05, 0) is 206 Å². The van der Waals surface area contributed by atoms with E-state index in [2.05, 4.69) is 124 Å². The Morgan fingerprint density at radius 1 is 0.291 bits per heavy atom. The van der Waals surface area contributed by atoms with Crippen molar-refractivity contribution in [2.45, 2.75) is 87.3 Å². The Kier molecular flexibility index (Phi) is 31.9. The number of carbonyl (C=O) groups is 4. The van der Waals surface area contributed by atoms with Gasteiger partial charge in [0, 0.05) is 19.6 Å². The van der Waals surface area contributed by atoms with Crippen LogP contribution >= 0.6 is 47.0 Å². The van der Waals surface area contributed by atoms with Crippen molar-refractivity contribution in [1.82, 2.24) is 0 Å². The smallest absolute Gasteiger partial charge is 0.434 e. The molecule has 0 N–H and O–H groups in total. The highest BCUT2D eigenvalue weighted by atomic mass is 32.2. The molecule has 0 saturated heterocycles. The summed E-state index contributed by atoms with van der Waals surface area (Å²) in [7, 11) is 0. The number of benzene rings is 8. The Hall–Kier alpha value is -7.76. The van der Waals surface area contributed by atoms with Gasteiger partial charge in [0.25, 0.3) is 0 Å². The first kappa shape index (κ1) is 69.0. The maximum atomic E-state index is 11.3. The van der Waals surface area contributed by atoms with E-state index >= 15 is 0 Å². The molecule has 0 fully saturated rings. The SMILES string of the molecule is CCCCSc1ccc(-c2ccc(OC(=O)OCC)cc2)cc1.CCCSc1ccc(-c2ccc(OC(=O)OCC)cc2)cc1.CCOC(=O)Oc1ccc(-c2ccc(SC)cc2)cc1.CCOC(=O)Oc1ccc(-c2ccc(SCC)cc2)cc1. The van der Waals surface area contributed by atoms with Gasteiger partial charge in [0.2, 0.25) is 0 Å². The molecule has 0 aliphatic rings. The van der Waals surface area contributed by atoms with Crippen molar-refractivity contribution in [2.75, 3.05) is 49.9 Å². The Balaban J connectivity index is 0.000000210. The molecular formula is C70H76O12S4. The molecular weight excluding hydrogens is 1160 g/mol. The molecule has 8 aromatic rings. The number of hydrogen-bond donors (Lipinski definition) is 0. The van der Waals surface area contributed by atoms with Crippen LogP contribution in [0.15, 0.2) is 214 Å². The first-order valence-electron chi connectivity index (χ1n) is 28.5. The molecule has 0 unspecified atom stereocenters. The first-order chi connectivity index (χ1) is 41.9. The summed E-state index contributed by atoms with van der Waals surface area (Å²) in [5.41, 5.74) is 8.89. The van der Waals surface area contributed by atoms with Crippen molar-refractivity contribution >= 4 is 71.7 Å². The van der Waals surface area contributed by atoms with E-state index in [9.17, 15) is 19.2 Å². The third-order valence-corrected chi connectivity index (χ3v) is 15.8. The van der Waals surface area contributed by atoms with Gasteiger partial charge in [-0.15, -0.1) is 47.0 Å². The second-order valence-electron chi connectivity index (χ2n) is 18.0. The Labute approximate surface area is 524 Å². The fourth-order valence-electron chi connectivity index (χ4n) is 7.57. The van der Waals surface area contributed by atoms with Gasteiger partial charge >= 0.3 is 24.6 Å². The number of hydrogen-bond acceptors (Lipinski definition) is 16. The van der Waals surface area contributed by atoms with Crippen LogP contribution in [0.4, 0.5) is 19.2 Å². The standard InChI is InChI=1S/C19H22O3S.C18H20O3S.C17H18O3S.C16H16O3S/c1-3-5-14-23-18-12-8-16(9-13-18)15-6-10-17(11-7-15)22-19(20)21-4-2;1-3-13-22-17-11-7-15(8-12-17)14-5-9-16(10-6-14)21-18(19)20-4-2;1-3-19-17(18)20-15-9-5-13(6-10-15)14-7-11-16(12-8-14)21-4-2;1-3-18-16(17)19-14-8-4-12(5-9-14)13-6-10-15(20-2)11-7-13/h6-13H,3-5,14H2,1-2H3;5-12H,3-4,13H2,1-2H3;5-12H,3-4H2,1-2H3;4-11H,3H2,1-2H3. The van der Waals surface area contributed by atoms with E-state index in [1.807, 2.05) is 83.8 Å². The zero-order chi connectivity index (χ0) is 61.7. The van der Waals surface area contributed by atoms with Gasteiger partial charge in [-0.2, -0.15) is 0 Å². The lowest BCUT2D eigenvalue weighted by molar-refractivity contribution is 0.103. The van der Waals surface area contributed by atoms with E-state index < -0.39 is 24.6 Å².